The molecular weight excluding hydrogens is 236 g/mol. The van der Waals surface area contributed by atoms with Crippen molar-refractivity contribution in [3.05, 3.63) is 41.6 Å². The Morgan fingerprint density at radius 1 is 1.21 bits per heavy atom. The predicted octanol–water partition coefficient (Wildman–Crippen LogP) is 2.25. The normalized spacial score (nSPS) is 11.8. The first-order valence-electron chi connectivity index (χ1n) is 6.57. The molecule has 4 nitrogen and oxygen atoms in total. The van der Waals surface area contributed by atoms with E-state index in [1.54, 1.807) is 4.68 Å². The Morgan fingerprint density at radius 3 is 2.53 bits per heavy atom. The molecule has 2 aromatic rings. The van der Waals surface area contributed by atoms with Gasteiger partial charge in [0.25, 0.3) is 0 Å². The van der Waals surface area contributed by atoms with E-state index in [-0.39, 0.29) is 5.41 Å². The van der Waals surface area contributed by atoms with Crippen LogP contribution in [0.2, 0.25) is 0 Å². The highest BCUT2D eigenvalue weighted by Gasteiger charge is 2.19. The van der Waals surface area contributed by atoms with Gasteiger partial charge in [0.05, 0.1) is 11.4 Å². The van der Waals surface area contributed by atoms with Crippen LogP contribution in [0.1, 0.15) is 32.0 Å². The first kappa shape index (κ1) is 13.6. The Balaban J connectivity index is 2.41. The molecule has 4 heteroatoms. The summed E-state index contributed by atoms with van der Waals surface area (Å²) in [4.78, 5) is 0. The number of nitrogens with two attached hydrogens (primary N) is 2. The summed E-state index contributed by atoms with van der Waals surface area (Å²) in [5.41, 5.74) is 14.8. The largest absolute Gasteiger partial charge is 0.384 e. The monoisotopic (exact) mass is 258 g/mol. The molecule has 102 valence electrons. The van der Waals surface area contributed by atoms with Gasteiger partial charge < -0.3 is 11.5 Å². The molecule has 0 saturated carbocycles. The molecular formula is C15H22N4. The number of nitrogens with zero attached hydrogens (tertiary/aromatic N) is 2. The zero-order valence-electron chi connectivity index (χ0n) is 11.9. The summed E-state index contributed by atoms with van der Waals surface area (Å²) in [5.74, 6) is 0.662. The molecule has 0 unspecified atom stereocenters. The standard InChI is InChI=1S/C15H22N4/c1-15(2,3)13-10-14(17)19(18-13)12-6-4-5-11(9-12)7-8-16/h4-6,9-10H,7-8,16-17H2,1-3H3. The average molecular weight is 258 g/mol. The Hall–Kier alpha value is -1.81. The van der Waals surface area contributed by atoms with Crippen molar-refractivity contribution >= 4 is 5.82 Å². The lowest BCUT2D eigenvalue weighted by Gasteiger charge is -2.14. The van der Waals surface area contributed by atoms with Gasteiger partial charge in [-0.05, 0) is 30.7 Å². The molecule has 0 atom stereocenters. The maximum atomic E-state index is 6.07. The maximum absolute atomic E-state index is 6.07. The second kappa shape index (κ2) is 5.05. The number of nitrogen functional groups attached to an aromatic ring is 1. The number of anilines is 1. The van der Waals surface area contributed by atoms with E-state index in [1.165, 1.54) is 5.56 Å². The highest BCUT2D eigenvalue weighted by Crippen LogP contribution is 2.24. The van der Waals surface area contributed by atoms with Crippen molar-refractivity contribution < 1.29 is 0 Å². The number of hydrogen-bond acceptors (Lipinski definition) is 3. The van der Waals surface area contributed by atoms with E-state index in [0.717, 1.165) is 17.8 Å². The molecule has 0 amide bonds. The van der Waals surface area contributed by atoms with Gasteiger partial charge in [-0.2, -0.15) is 5.10 Å². The summed E-state index contributed by atoms with van der Waals surface area (Å²) in [7, 11) is 0. The fourth-order valence-corrected chi connectivity index (χ4v) is 1.98. The van der Waals surface area contributed by atoms with Gasteiger partial charge in [0.2, 0.25) is 0 Å². The molecule has 0 aliphatic rings. The van der Waals surface area contributed by atoms with Gasteiger partial charge in [-0.1, -0.05) is 32.9 Å². The van der Waals surface area contributed by atoms with Gasteiger partial charge in [-0.3, -0.25) is 0 Å². The molecule has 4 N–H and O–H groups in total. The Kier molecular flexibility index (Phi) is 3.62. The molecule has 1 aromatic heterocycles. The summed E-state index contributed by atoms with van der Waals surface area (Å²) in [6.07, 6.45) is 0.862. The van der Waals surface area contributed by atoms with Crippen molar-refractivity contribution in [3.8, 4) is 5.69 Å². The molecule has 0 saturated heterocycles. The van der Waals surface area contributed by atoms with Crippen LogP contribution in [0.5, 0.6) is 0 Å². The third kappa shape index (κ3) is 2.96. The quantitative estimate of drug-likeness (QED) is 0.887. The van der Waals surface area contributed by atoms with Crippen molar-refractivity contribution in [3.63, 3.8) is 0 Å². The van der Waals surface area contributed by atoms with Crippen LogP contribution in [0.15, 0.2) is 30.3 Å². The minimum absolute atomic E-state index is 0.00572. The van der Waals surface area contributed by atoms with Crippen LogP contribution < -0.4 is 11.5 Å². The van der Waals surface area contributed by atoms with Crippen LogP contribution in [-0.2, 0) is 11.8 Å². The third-order valence-corrected chi connectivity index (χ3v) is 3.09. The van der Waals surface area contributed by atoms with E-state index in [9.17, 15) is 0 Å². The molecule has 0 aliphatic heterocycles. The fourth-order valence-electron chi connectivity index (χ4n) is 1.98. The Bertz CT molecular complexity index is 564. The summed E-state index contributed by atoms with van der Waals surface area (Å²) in [6, 6.07) is 10.1. The minimum atomic E-state index is -0.00572. The zero-order chi connectivity index (χ0) is 14.0. The van der Waals surface area contributed by atoms with Crippen molar-refractivity contribution in [2.75, 3.05) is 12.3 Å². The smallest absolute Gasteiger partial charge is 0.127 e. The molecule has 2 rings (SSSR count). The number of aromatic nitrogens is 2. The topological polar surface area (TPSA) is 69.9 Å². The highest BCUT2D eigenvalue weighted by molar-refractivity contribution is 5.45. The maximum Gasteiger partial charge on any atom is 0.127 e. The van der Waals surface area contributed by atoms with Crippen LogP contribution in [0.25, 0.3) is 5.69 Å². The molecule has 19 heavy (non-hydrogen) atoms. The molecule has 0 bridgehead atoms. The van der Waals surface area contributed by atoms with Crippen molar-refractivity contribution in [1.82, 2.24) is 9.78 Å². The second-order valence-corrected chi connectivity index (χ2v) is 5.82. The van der Waals surface area contributed by atoms with Crippen LogP contribution >= 0.6 is 0 Å². The van der Waals surface area contributed by atoms with E-state index in [0.29, 0.717) is 12.4 Å². The summed E-state index contributed by atoms with van der Waals surface area (Å²) in [5, 5.41) is 4.61. The average Bonchev–Trinajstić information content (AvgIpc) is 2.72. The van der Waals surface area contributed by atoms with Crippen LogP contribution in [0.4, 0.5) is 5.82 Å². The van der Waals surface area contributed by atoms with Gasteiger partial charge >= 0.3 is 0 Å². The number of rotatable bonds is 3. The third-order valence-electron chi connectivity index (χ3n) is 3.09. The van der Waals surface area contributed by atoms with Crippen LogP contribution in [0, 0.1) is 0 Å². The highest BCUT2D eigenvalue weighted by atomic mass is 15.3. The predicted molar refractivity (Wildman–Crippen MR) is 79.4 cm³/mol. The van der Waals surface area contributed by atoms with Gasteiger partial charge in [0.1, 0.15) is 5.82 Å². The summed E-state index contributed by atoms with van der Waals surface area (Å²) < 4.78 is 1.79. The first-order chi connectivity index (χ1) is 8.91. The minimum Gasteiger partial charge on any atom is -0.384 e. The van der Waals surface area contributed by atoms with Crippen molar-refractivity contribution in [1.29, 1.82) is 0 Å². The van der Waals surface area contributed by atoms with E-state index in [2.05, 4.69) is 38.0 Å². The first-order valence-corrected chi connectivity index (χ1v) is 6.57. The number of benzene rings is 1. The molecule has 0 spiro atoms. The van der Waals surface area contributed by atoms with Gasteiger partial charge in [-0.25, -0.2) is 4.68 Å². The van der Waals surface area contributed by atoms with Crippen LogP contribution in [0.3, 0.4) is 0 Å². The van der Waals surface area contributed by atoms with E-state index in [4.69, 9.17) is 11.5 Å². The summed E-state index contributed by atoms with van der Waals surface area (Å²) >= 11 is 0. The Morgan fingerprint density at radius 2 is 1.95 bits per heavy atom. The molecule has 0 aliphatic carbocycles. The van der Waals surface area contributed by atoms with Gasteiger partial charge in [0, 0.05) is 11.5 Å². The SMILES string of the molecule is CC(C)(C)c1cc(N)n(-c2cccc(CCN)c2)n1. The van der Waals surface area contributed by atoms with Gasteiger partial charge in [-0.15, -0.1) is 0 Å². The van der Waals surface area contributed by atoms with Crippen LogP contribution in [-0.4, -0.2) is 16.3 Å². The Labute approximate surface area is 114 Å². The van der Waals surface area contributed by atoms with Crippen molar-refractivity contribution in [2.45, 2.75) is 32.6 Å². The second-order valence-electron chi connectivity index (χ2n) is 5.82. The van der Waals surface area contributed by atoms with E-state index < -0.39 is 0 Å². The summed E-state index contributed by atoms with van der Waals surface area (Å²) in [6.45, 7) is 7.03. The lowest BCUT2D eigenvalue weighted by Crippen LogP contribution is -2.12. The number of hydrogen-bond donors (Lipinski definition) is 2. The lowest BCUT2D eigenvalue weighted by atomic mass is 9.92. The lowest BCUT2D eigenvalue weighted by molar-refractivity contribution is 0.560. The van der Waals surface area contributed by atoms with E-state index in [1.807, 2.05) is 18.2 Å². The molecule has 0 fully saturated rings. The molecule has 1 heterocycles. The van der Waals surface area contributed by atoms with Gasteiger partial charge in [0.15, 0.2) is 0 Å². The molecule has 1 aromatic carbocycles. The molecule has 0 radical (unpaired) electrons. The van der Waals surface area contributed by atoms with E-state index >= 15 is 0 Å². The fraction of sp³-hybridized carbons (Fsp3) is 0.400. The van der Waals surface area contributed by atoms with Crippen molar-refractivity contribution in [2.24, 2.45) is 5.73 Å². The zero-order valence-corrected chi connectivity index (χ0v) is 11.9.